The Bertz CT molecular complexity index is 717. The van der Waals surface area contributed by atoms with Crippen LogP contribution in [0.4, 0.5) is 0 Å². The fraction of sp³-hybridized carbons (Fsp3) is 0.118. The summed E-state index contributed by atoms with van der Waals surface area (Å²) in [6, 6.07) is 17.6. The molecule has 0 N–H and O–H groups in total. The van der Waals surface area contributed by atoms with Gasteiger partial charge in [0.15, 0.2) is 15.6 Å². The van der Waals surface area contributed by atoms with Crippen molar-refractivity contribution in [3.63, 3.8) is 0 Å². The van der Waals surface area contributed by atoms with Gasteiger partial charge in [0.2, 0.25) is 0 Å². The minimum atomic E-state index is -3.39. The Labute approximate surface area is 124 Å². The summed E-state index contributed by atoms with van der Waals surface area (Å²) in [5.41, 5.74) is 0.914. The highest BCUT2D eigenvalue weighted by molar-refractivity contribution is 7.91. The maximum atomic E-state index is 12.0. The summed E-state index contributed by atoms with van der Waals surface area (Å²) in [6.45, 7) is 0. The lowest BCUT2D eigenvalue weighted by molar-refractivity contribution is -0.114. The van der Waals surface area contributed by atoms with Gasteiger partial charge >= 0.3 is 0 Å². The van der Waals surface area contributed by atoms with E-state index in [0.29, 0.717) is 0 Å². The molecule has 3 nitrogen and oxygen atoms in total. The second-order valence-corrected chi connectivity index (χ2v) is 6.70. The zero-order valence-electron chi connectivity index (χ0n) is 11.5. The van der Waals surface area contributed by atoms with Gasteiger partial charge in [-0.3, -0.25) is 4.79 Å². The molecule has 0 radical (unpaired) electrons. The van der Waals surface area contributed by atoms with E-state index < -0.39 is 9.84 Å². The van der Waals surface area contributed by atoms with Crippen LogP contribution in [0.3, 0.4) is 0 Å². The van der Waals surface area contributed by atoms with Crippen molar-refractivity contribution in [3.8, 4) is 0 Å². The maximum absolute atomic E-state index is 12.0. The first-order chi connectivity index (χ1) is 10.1. The highest BCUT2D eigenvalue weighted by Crippen LogP contribution is 2.11. The lowest BCUT2D eigenvalue weighted by atomic mass is 10.2. The van der Waals surface area contributed by atoms with Crippen LogP contribution in [0.15, 0.2) is 71.6 Å². The first kappa shape index (κ1) is 15.2. The van der Waals surface area contributed by atoms with Crippen LogP contribution in [0, 0.1) is 0 Å². The standard InChI is InChI=1S/C17H16O3S/c18-16(12-11-15-7-3-1-4-8-15)13-14-21(19,20)17-9-5-2-6-10-17/h1-12H,13-14H2/b12-11+. The normalized spacial score (nSPS) is 11.6. The lowest BCUT2D eigenvalue weighted by Crippen LogP contribution is -2.10. The third kappa shape index (κ3) is 4.68. The van der Waals surface area contributed by atoms with Crippen LogP contribution < -0.4 is 0 Å². The third-order valence-electron chi connectivity index (χ3n) is 2.98. The molecule has 0 fully saturated rings. The second-order valence-electron chi connectivity index (χ2n) is 4.59. The van der Waals surface area contributed by atoms with Crippen molar-refractivity contribution in [1.82, 2.24) is 0 Å². The average molecular weight is 300 g/mol. The molecule has 0 amide bonds. The molecule has 0 aliphatic carbocycles. The molecule has 0 unspecified atom stereocenters. The monoisotopic (exact) mass is 300 g/mol. The molecule has 2 rings (SSSR count). The van der Waals surface area contributed by atoms with Gasteiger partial charge in [-0.05, 0) is 23.8 Å². The molecule has 21 heavy (non-hydrogen) atoms. The number of hydrogen-bond donors (Lipinski definition) is 0. The first-order valence-electron chi connectivity index (χ1n) is 6.62. The summed E-state index contributed by atoms with van der Waals surface area (Å²) in [7, 11) is -3.39. The molecule has 0 aromatic heterocycles. The predicted octanol–water partition coefficient (Wildman–Crippen LogP) is 3.13. The van der Waals surface area contributed by atoms with Gasteiger partial charge < -0.3 is 0 Å². The van der Waals surface area contributed by atoms with Crippen LogP contribution in [-0.4, -0.2) is 20.0 Å². The largest absolute Gasteiger partial charge is 0.295 e. The van der Waals surface area contributed by atoms with E-state index in [4.69, 9.17) is 0 Å². The number of rotatable bonds is 6. The van der Waals surface area contributed by atoms with Crippen molar-refractivity contribution in [2.45, 2.75) is 11.3 Å². The molecule has 4 heteroatoms. The predicted molar refractivity (Wildman–Crippen MR) is 83.6 cm³/mol. The summed E-state index contributed by atoms with van der Waals surface area (Å²) in [5.74, 6) is -0.368. The molecule has 0 aliphatic rings. The van der Waals surface area contributed by atoms with Crippen LogP contribution in [0.2, 0.25) is 0 Å². The molecular weight excluding hydrogens is 284 g/mol. The van der Waals surface area contributed by atoms with Gasteiger partial charge in [0, 0.05) is 6.42 Å². The molecule has 0 saturated carbocycles. The Balaban J connectivity index is 1.94. The van der Waals surface area contributed by atoms with Gasteiger partial charge in [-0.15, -0.1) is 0 Å². The van der Waals surface area contributed by atoms with Crippen LogP contribution in [0.1, 0.15) is 12.0 Å². The van der Waals surface area contributed by atoms with E-state index in [2.05, 4.69) is 0 Å². The maximum Gasteiger partial charge on any atom is 0.178 e. The summed E-state index contributed by atoms with van der Waals surface area (Å²) < 4.78 is 24.1. The Morgan fingerprint density at radius 3 is 2.10 bits per heavy atom. The molecule has 0 aliphatic heterocycles. The molecule has 2 aromatic rings. The Morgan fingerprint density at radius 1 is 0.905 bits per heavy atom. The first-order valence-corrected chi connectivity index (χ1v) is 8.27. The zero-order chi connectivity index (χ0) is 15.1. The molecular formula is C17H16O3S. The third-order valence-corrected chi connectivity index (χ3v) is 4.71. The van der Waals surface area contributed by atoms with Crippen LogP contribution in [-0.2, 0) is 14.6 Å². The Hall–Kier alpha value is -2.20. The Kier molecular flexibility index (Phi) is 5.06. The smallest absolute Gasteiger partial charge is 0.178 e. The minimum absolute atomic E-state index is 0.0133. The molecule has 0 heterocycles. The number of ketones is 1. The van der Waals surface area contributed by atoms with Crippen molar-refractivity contribution >= 4 is 21.7 Å². The quantitative estimate of drug-likeness (QED) is 0.770. The average Bonchev–Trinajstić information content (AvgIpc) is 2.53. The number of carbonyl (C=O) groups excluding carboxylic acids is 1. The van der Waals surface area contributed by atoms with E-state index in [1.165, 1.54) is 6.08 Å². The summed E-state index contributed by atoms with van der Waals surface area (Å²) in [6.07, 6.45) is 3.11. The van der Waals surface area contributed by atoms with Crippen LogP contribution in [0.5, 0.6) is 0 Å². The van der Waals surface area contributed by atoms with Gasteiger partial charge in [0.1, 0.15) is 0 Å². The lowest BCUT2D eigenvalue weighted by Gasteiger charge is -2.02. The summed E-state index contributed by atoms with van der Waals surface area (Å²) in [5, 5.41) is 0. The fourth-order valence-electron chi connectivity index (χ4n) is 1.82. The summed E-state index contributed by atoms with van der Waals surface area (Å²) in [4.78, 5) is 12.0. The molecule has 0 atom stereocenters. The van der Waals surface area contributed by atoms with Gasteiger partial charge in [0.05, 0.1) is 10.6 Å². The van der Waals surface area contributed by atoms with Gasteiger partial charge in [-0.1, -0.05) is 54.6 Å². The minimum Gasteiger partial charge on any atom is -0.295 e. The highest BCUT2D eigenvalue weighted by Gasteiger charge is 2.14. The number of sulfone groups is 1. The number of hydrogen-bond acceptors (Lipinski definition) is 3. The van der Waals surface area contributed by atoms with Crippen LogP contribution in [0.25, 0.3) is 6.08 Å². The van der Waals surface area contributed by atoms with E-state index in [0.717, 1.165) is 5.56 Å². The number of allylic oxidation sites excluding steroid dienone is 1. The van der Waals surface area contributed by atoms with Gasteiger partial charge in [-0.2, -0.15) is 0 Å². The highest BCUT2D eigenvalue weighted by atomic mass is 32.2. The number of carbonyl (C=O) groups is 1. The SMILES string of the molecule is O=C(/C=C/c1ccccc1)CCS(=O)(=O)c1ccccc1. The molecule has 108 valence electrons. The molecule has 0 saturated heterocycles. The fourth-order valence-corrected chi connectivity index (χ4v) is 3.09. The molecule has 0 bridgehead atoms. The van der Waals surface area contributed by atoms with E-state index in [1.54, 1.807) is 36.4 Å². The van der Waals surface area contributed by atoms with E-state index in [-0.39, 0.29) is 22.9 Å². The van der Waals surface area contributed by atoms with Gasteiger partial charge in [-0.25, -0.2) is 8.42 Å². The second kappa shape index (κ2) is 6.99. The van der Waals surface area contributed by atoms with Crippen molar-refractivity contribution < 1.29 is 13.2 Å². The molecule has 0 spiro atoms. The van der Waals surface area contributed by atoms with Crippen molar-refractivity contribution in [2.24, 2.45) is 0 Å². The number of benzene rings is 2. The van der Waals surface area contributed by atoms with Crippen molar-refractivity contribution in [3.05, 3.63) is 72.3 Å². The van der Waals surface area contributed by atoms with E-state index >= 15 is 0 Å². The van der Waals surface area contributed by atoms with E-state index in [9.17, 15) is 13.2 Å². The van der Waals surface area contributed by atoms with Crippen molar-refractivity contribution in [1.29, 1.82) is 0 Å². The summed E-state index contributed by atoms with van der Waals surface area (Å²) >= 11 is 0. The zero-order valence-corrected chi connectivity index (χ0v) is 12.3. The van der Waals surface area contributed by atoms with Crippen molar-refractivity contribution in [2.75, 3.05) is 5.75 Å². The van der Waals surface area contributed by atoms with E-state index in [1.807, 2.05) is 30.3 Å². The Morgan fingerprint density at radius 2 is 1.48 bits per heavy atom. The molecule has 2 aromatic carbocycles. The van der Waals surface area contributed by atoms with Crippen LogP contribution >= 0.6 is 0 Å². The van der Waals surface area contributed by atoms with Gasteiger partial charge in [0.25, 0.3) is 0 Å². The topological polar surface area (TPSA) is 51.2 Å².